The number of benzene rings is 1. The molecular formula is C12H14ClF2NO2S2. The Balaban J connectivity index is 2.45. The number of nitrogens with zero attached hydrogens (tertiary/aromatic N) is 1. The van der Waals surface area contributed by atoms with Gasteiger partial charge in [0.1, 0.15) is 4.90 Å². The lowest BCUT2D eigenvalue weighted by Crippen LogP contribution is -2.33. The fourth-order valence-corrected chi connectivity index (χ4v) is 4.74. The second-order valence-corrected chi connectivity index (χ2v) is 7.79. The molecule has 0 aliphatic carbocycles. The quantitative estimate of drug-likeness (QED) is 0.793. The number of halogens is 3. The summed E-state index contributed by atoms with van der Waals surface area (Å²) in [6.45, 7) is 0.626. The first kappa shape index (κ1) is 16.0. The van der Waals surface area contributed by atoms with Gasteiger partial charge in [0.2, 0.25) is 10.0 Å². The summed E-state index contributed by atoms with van der Waals surface area (Å²) in [6.07, 6.45) is 0.698. The summed E-state index contributed by atoms with van der Waals surface area (Å²) in [5.74, 6) is -1.08. The summed E-state index contributed by atoms with van der Waals surface area (Å²) in [7, 11) is -4.02. The highest BCUT2D eigenvalue weighted by atomic mass is 35.5. The van der Waals surface area contributed by atoms with Crippen LogP contribution in [0.1, 0.15) is 12.0 Å². The van der Waals surface area contributed by atoms with Crippen LogP contribution in [0.5, 0.6) is 0 Å². The van der Waals surface area contributed by atoms with Gasteiger partial charge in [-0.05, 0) is 29.9 Å². The first-order valence-electron chi connectivity index (χ1n) is 6.08. The van der Waals surface area contributed by atoms with Crippen LogP contribution in [-0.4, -0.2) is 37.3 Å². The topological polar surface area (TPSA) is 37.4 Å². The fraction of sp³-hybridized carbons (Fsp3) is 0.500. The van der Waals surface area contributed by atoms with Crippen LogP contribution in [0.15, 0.2) is 17.0 Å². The molecule has 1 aromatic rings. The van der Waals surface area contributed by atoms with Crippen LogP contribution in [0.3, 0.4) is 0 Å². The summed E-state index contributed by atoms with van der Waals surface area (Å²) < 4.78 is 53.4. The third-order valence-electron chi connectivity index (χ3n) is 3.01. The monoisotopic (exact) mass is 341 g/mol. The van der Waals surface area contributed by atoms with Crippen LogP contribution < -0.4 is 0 Å². The summed E-state index contributed by atoms with van der Waals surface area (Å²) in [5.41, 5.74) is 0.244. The van der Waals surface area contributed by atoms with Crippen molar-refractivity contribution < 1.29 is 17.2 Å². The molecule has 8 heteroatoms. The SMILES string of the molecule is O=S(=O)(c1cc(CCl)cc(F)c1F)N1CCCSCC1. The molecule has 1 aliphatic heterocycles. The molecule has 2 rings (SSSR count). The Morgan fingerprint density at radius 2 is 2.00 bits per heavy atom. The molecule has 0 N–H and O–H groups in total. The molecule has 0 saturated carbocycles. The number of thioether (sulfide) groups is 1. The second-order valence-electron chi connectivity index (χ2n) is 4.39. The predicted molar refractivity (Wildman–Crippen MR) is 76.6 cm³/mol. The Kier molecular flexibility index (Phi) is 5.28. The van der Waals surface area contributed by atoms with Crippen molar-refractivity contribution in [1.82, 2.24) is 4.31 Å². The van der Waals surface area contributed by atoms with Gasteiger partial charge in [0.05, 0.1) is 0 Å². The average Bonchev–Trinajstić information content (AvgIpc) is 2.70. The van der Waals surface area contributed by atoms with E-state index in [9.17, 15) is 17.2 Å². The summed E-state index contributed by atoms with van der Waals surface area (Å²) in [6, 6.07) is 2.03. The lowest BCUT2D eigenvalue weighted by molar-refractivity contribution is 0.424. The van der Waals surface area contributed by atoms with Gasteiger partial charge in [0, 0.05) is 24.7 Å². The Labute approximate surface area is 126 Å². The number of hydrogen-bond donors (Lipinski definition) is 0. The van der Waals surface area contributed by atoms with Gasteiger partial charge in [-0.1, -0.05) is 0 Å². The first-order valence-corrected chi connectivity index (χ1v) is 9.21. The molecule has 20 heavy (non-hydrogen) atoms. The maximum Gasteiger partial charge on any atom is 0.246 e. The minimum Gasteiger partial charge on any atom is -0.207 e. The average molecular weight is 342 g/mol. The Morgan fingerprint density at radius 1 is 1.25 bits per heavy atom. The van der Waals surface area contributed by atoms with Gasteiger partial charge >= 0.3 is 0 Å². The second kappa shape index (κ2) is 6.60. The highest BCUT2D eigenvalue weighted by molar-refractivity contribution is 7.99. The van der Waals surface area contributed by atoms with E-state index in [0.29, 0.717) is 25.3 Å². The zero-order valence-electron chi connectivity index (χ0n) is 10.6. The van der Waals surface area contributed by atoms with Gasteiger partial charge in [-0.2, -0.15) is 16.1 Å². The zero-order valence-corrected chi connectivity index (χ0v) is 13.0. The van der Waals surface area contributed by atoms with E-state index in [2.05, 4.69) is 0 Å². The number of sulfonamides is 1. The van der Waals surface area contributed by atoms with Crippen molar-refractivity contribution in [3.8, 4) is 0 Å². The van der Waals surface area contributed by atoms with Gasteiger partial charge < -0.3 is 0 Å². The van der Waals surface area contributed by atoms with Crippen molar-refractivity contribution in [2.45, 2.75) is 17.2 Å². The lowest BCUT2D eigenvalue weighted by atomic mass is 10.2. The third-order valence-corrected chi connectivity index (χ3v) is 6.26. The van der Waals surface area contributed by atoms with E-state index in [1.54, 1.807) is 11.8 Å². The molecule has 0 spiro atoms. The third kappa shape index (κ3) is 3.27. The zero-order chi connectivity index (χ0) is 14.8. The minimum atomic E-state index is -4.02. The van der Waals surface area contributed by atoms with Crippen molar-refractivity contribution in [2.24, 2.45) is 0 Å². The van der Waals surface area contributed by atoms with E-state index < -0.39 is 26.6 Å². The van der Waals surface area contributed by atoms with E-state index in [1.807, 2.05) is 0 Å². The largest absolute Gasteiger partial charge is 0.246 e. The van der Waals surface area contributed by atoms with Crippen LogP contribution in [0.2, 0.25) is 0 Å². The standard InChI is InChI=1S/C12H14ClF2NO2S2/c13-8-9-6-10(14)12(15)11(7-9)20(17,18)16-2-1-4-19-5-3-16/h6-7H,1-5,8H2. The molecule has 1 aromatic carbocycles. The van der Waals surface area contributed by atoms with Gasteiger partial charge in [-0.25, -0.2) is 17.2 Å². The summed E-state index contributed by atoms with van der Waals surface area (Å²) in [4.78, 5) is -0.625. The maximum absolute atomic E-state index is 13.8. The molecule has 0 bridgehead atoms. The lowest BCUT2D eigenvalue weighted by Gasteiger charge is -2.20. The Bertz CT molecular complexity index is 587. The molecule has 112 valence electrons. The fourth-order valence-electron chi connectivity index (χ4n) is 1.98. The Morgan fingerprint density at radius 3 is 2.70 bits per heavy atom. The van der Waals surface area contributed by atoms with Crippen LogP contribution in [0, 0.1) is 11.6 Å². The van der Waals surface area contributed by atoms with E-state index in [0.717, 1.165) is 17.9 Å². The van der Waals surface area contributed by atoms with E-state index in [-0.39, 0.29) is 11.4 Å². The normalized spacial score (nSPS) is 17.9. The molecule has 3 nitrogen and oxygen atoms in total. The molecule has 1 fully saturated rings. The molecule has 0 atom stereocenters. The minimum absolute atomic E-state index is 0.0738. The summed E-state index contributed by atoms with van der Waals surface area (Å²) in [5, 5.41) is 0. The van der Waals surface area contributed by atoms with Gasteiger partial charge in [0.15, 0.2) is 11.6 Å². The number of rotatable bonds is 3. The van der Waals surface area contributed by atoms with Crippen molar-refractivity contribution in [3.63, 3.8) is 0 Å². The first-order chi connectivity index (χ1) is 9.46. The molecule has 1 aliphatic rings. The van der Waals surface area contributed by atoms with Crippen molar-refractivity contribution >= 4 is 33.4 Å². The molecule has 0 unspecified atom stereocenters. The molecule has 0 amide bonds. The highest BCUT2D eigenvalue weighted by Gasteiger charge is 2.30. The van der Waals surface area contributed by atoms with Crippen molar-refractivity contribution in [1.29, 1.82) is 0 Å². The van der Waals surface area contributed by atoms with Crippen LogP contribution >= 0.6 is 23.4 Å². The van der Waals surface area contributed by atoms with Gasteiger partial charge in [-0.3, -0.25) is 0 Å². The maximum atomic E-state index is 13.8. The smallest absolute Gasteiger partial charge is 0.207 e. The molecule has 1 saturated heterocycles. The van der Waals surface area contributed by atoms with Gasteiger partial charge in [0.25, 0.3) is 0 Å². The van der Waals surface area contributed by atoms with Crippen molar-refractivity contribution in [2.75, 3.05) is 24.6 Å². The predicted octanol–water partition coefficient (Wildman–Crippen LogP) is 2.83. The summed E-state index contributed by atoms with van der Waals surface area (Å²) >= 11 is 7.24. The van der Waals surface area contributed by atoms with E-state index >= 15 is 0 Å². The number of hydrogen-bond acceptors (Lipinski definition) is 3. The van der Waals surface area contributed by atoms with Crippen LogP contribution in [-0.2, 0) is 15.9 Å². The van der Waals surface area contributed by atoms with E-state index in [4.69, 9.17) is 11.6 Å². The molecule has 1 heterocycles. The number of alkyl halides is 1. The molecule has 0 radical (unpaired) electrons. The van der Waals surface area contributed by atoms with Crippen molar-refractivity contribution in [3.05, 3.63) is 29.3 Å². The molecular weight excluding hydrogens is 328 g/mol. The van der Waals surface area contributed by atoms with Gasteiger partial charge in [-0.15, -0.1) is 11.6 Å². The van der Waals surface area contributed by atoms with Crippen LogP contribution in [0.4, 0.5) is 8.78 Å². The van der Waals surface area contributed by atoms with Crippen LogP contribution in [0.25, 0.3) is 0 Å². The highest BCUT2D eigenvalue weighted by Crippen LogP contribution is 2.25. The van der Waals surface area contributed by atoms with E-state index in [1.165, 1.54) is 4.31 Å². The molecule has 0 aromatic heterocycles. The Hall–Kier alpha value is -0.370.